The van der Waals surface area contributed by atoms with Gasteiger partial charge in [-0.2, -0.15) is 0 Å². The lowest BCUT2D eigenvalue weighted by Gasteiger charge is -2.27. The van der Waals surface area contributed by atoms with Crippen molar-refractivity contribution >= 4 is 17.2 Å². The summed E-state index contributed by atoms with van der Waals surface area (Å²) < 4.78 is 0. The molecule has 4 nitrogen and oxygen atoms in total. The van der Waals surface area contributed by atoms with E-state index in [0.717, 1.165) is 36.8 Å². The van der Waals surface area contributed by atoms with Crippen molar-refractivity contribution in [3.63, 3.8) is 0 Å². The van der Waals surface area contributed by atoms with Crippen LogP contribution in [0, 0.1) is 6.92 Å². The lowest BCUT2D eigenvalue weighted by Crippen LogP contribution is -2.46. The summed E-state index contributed by atoms with van der Waals surface area (Å²) in [6, 6.07) is 0. The van der Waals surface area contributed by atoms with Gasteiger partial charge in [-0.15, -0.1) is 11.3 Å². The summed E-state index contributed by atoms with van der Waals surface area (Å²) in [5.41, 5.74) is 2.79. The molecule has 0 unspecified atom stereocenters. The number of amides is 1. The van der Waals surface area contributed by atoms with Crippen LogP contribution in [0.5, 0.6) is 0 Å². The summed E-state index contributed by atoms with van der Waals surface area (Å²) in [5.74, 6) is 0.226. The van der Waals surface area contributed by atoms with Crippen LogP contribution in [0.3, 0.4) is 0 Å². The van der Waals surface area contributed by atoms with Gasteiger partial charge < -0.3 is 10.2 Å². The minimum Gasteiger partial charge on any atom is -0.340 e. The first-order valence-electron chi connectivity index (χ1n) is 5.15. The fourth-order valence-corrected chi connectivity index (χ4v) is 2.43. The number of aryl methyl sites for hydroxylation is 1. The third kappa shape index (κ3) is 2.54. The Bertz CT molecular complexity index is 344. The highest BCUT2D eigenvalue weighted by molar-refractivity contribution is 7.09. The smallest absolute Gasteiger partial charge is 0.227 e. The van der Waals surface area contributed by atoms with Crippen LogP contribution >= 0.6 is 11.3 Å². The molecule has 1 aromatic heterocycles. The van der Waals surface area contributed by atoms with E-state index in [1.165, 1.54) is 0 Å². The summed E-state index contributed by atoms with van der Waals surface area (Å²) in [6.45, 7) is 5.44. The number of nitrogens with zero attached hydrogens (tertiary/aromatic N) is 2. The quantitative estimate of drug-likeness (QED) is 0.793. The molecule has 2 rings (SSSR count). The van der Waals surface area contributed by atoms with Gasteiger partial charge in [0.15, 0.2) is 0 Å². The minimum absolute atomic E-state index is 0.226. The summed E-state index contributed by atoms with van der Waals surface area (Å²) in [4.78, 5) is 19.1. The molecule has 1 N–H and O–H groups in total. The number of rotatable bonds is 2. The molecule has 0 aliphatic carbocycles. The van der Waals surface area contributed by atoms with Crippen molar-refractivity contribution in [1.29, 1.82) is 0 Å². The summed E-state index contributed by atoms with van der Waals surface area (Å²) in [5, 5.41) is 3.24. The molecule has 0 atom stereocenters. The molecule has 1 fully saturated rings. The molecule has 0 radical (unpaired) electrons. The van der Waals surface area contributed by atoms with E-state index in [0.29, 0.717) is 6.42 Å². The van der Waals surface area contributed by atoms with Gasteiger partial charge in [-0.3, -0.25) is 4.79 Å². The van der Waals surface area contributed by atoms with E-state index >= 15 is 0 Å². The molecule has 0 saturated carbocycles. The van der Waals surface area contributed by atoms with Gasteiger partial charge in [0, 0.05) is 31.1 Å². The maximum Gasteiger partial charge on any atom is 0.227 e. The van der Waals surface area contributed by atoms with Crippen LogP contribution in [0.4, 0.5) is 0 Å². The Morgan fingerprint density at radius 1 is 1.60 bits per heavy atom. The van der Waals surface area contributed by atoms with Gasteiger partial charge in [-0.1, -0.05) is 0 Å². The topological polar surface area (TPSA) is 45.2 Å². The van der Waals surface area contributed by atoms with E-state index in [-0.39, 0.29) is 5.91 Å². The molecule has 1 aliphatic rings. The Morgan fingerprint density at radius 2 is 2.33 bits per heavy atom. The first-order valence-corrected chi connectivity index (χ1v) is 6.03. The predicted octanol–water partition coefficient (Wildman–Crippen LogP) is 0.426. The Kier molecular flexibility index (Phi) is 3.33. The fourth-order valence-electron chi connectivity index (χ4n) is 1.66. The van der Waals surface area contributed by atoms with Crippen LogP contribution in [-0.4, -0.2) is 42.0 Å². The number of nitrogens with one attached hydrogen (secondary N) is 1. The number of piperazine rings is 1. The second kappa shape index (κ2) is 4.72. The number of hydrogen-bond donors (Lipinski definition) is 1. The van der Waals surface area contributed by atoms with Crippen molar-refractivity contribution in [2.75, 3.05) is 26.2 Å². The second-order valence-corrected chi connectivity index (χ2v) is 4.61. The molecular weight excluding hydrogens is 210 g/mol. The van der Waals surface area contributed by atoms with Crippen LogP contribution in [-0.2, 0) is 11.2 Å². The van der Waals surface area contributed by atoms with Crippen LogP contribution in [0.1, 0.15) is 10.6 Å². The van der Waals surface area contributed by atoms with E-state index in [9.17, 15) is 4.79 Å². The first-order chi connectivity index (χ1) is 7.27. The zero-order valence-corrected chi connectivity index (χ0v) is 9.64. The molecule has 1 aromatic rings. The Morgan fingerprint density at radius 3 is 2.93 bits per heavy atom. The van der Waals surface area contributed by atoms with Crippen molar-refractivity contribution in [3.05, 3.63) is 16.1 Å². The number of carbonyl (C=O) groups excluding carboxylic acids is 1. The van der Waals surface area contributed by atoms with Crippen molar-refractivity contribution in [3.8, 4) is 0 Å². The highest BCUT2D eigenvalue weighted by Gasteiger charge is 2.17. The maximum atomic E-state index is 11.9. The van der Waals surface area contributed by atoms with E-state index in [1.54, 1.807) is 16.8 Å². The van der Waals surface area contributed by atoms with E-state index < -0.39 is 0 Å². The molecule has 0 aromatic carbocycles. The van der Waals surface area contributed by atoms with Gasteiger partial charge >= 0.3 is 0 Å². The summed E-state index contributed by atoms with van der Waals surface area (Å²) in [6.07, 6.45) is 0.510. The molecule has 15 heavy (non-hydrogen) atoms. The highest BCUT2D eigenvalue weighted by Crippen LogP contribution is 2.14. The van der Waals surface area contributed by atoms with Gasteiger partial charge in [0.1, 0.15) is 0 Å². The van der Waals surface area contributed by atoms with Crippen LogP contribution < -0.4 is 5.32 Å². The molecule has 1 aliphatic heterocycles. The van der Waals surface area contributed by atoms with Crippen LogP contribution in [0.15, 0.2) is 5.51 Å². The van der Waals surface area contributed by atoms with Crippen molar-refractivity contribution < 1.29 is 4.79 Å². The minimum atomic E-state index is 0.226. The predicted molar refractivity (Wildman–Crippen MR) is 60.0 cm³/mol. The third-order valence-corrected chi connectivity index (χ3v) is 3.56. The van der Waals surface area contributed by atoms with E-state index in [4.69, 9.17) is 0 Å². The van der Waals surface area contributed by atoms with Crippen molar-refractivity contribution in [2.45, 2.75) is 13.3 Å². The lowest BCUT2D eigenvalue weighted by molar-refractivity contribution is -0.130. The van der Waals surface area contributed by atoms with Gasteiger partial charge in [-0.25, -0.2) is 4.98 Å². The van der Waals surface area contributed by atoms with Crippen molar-refractivity contribution in [2.24, 2.45) is 0 Å². The second-order valence-electron chi connectivity index (χ2n) is 3.67. The number of thiazole rings is 1. The third-order valence-electron chi connectivity index (χ3n) is 2.63. The Hall–Kier alpha value is -0.940. The van der Waals surface area contributed by atoms with Gasteiger partial charge in [0.25, 0.3) is 0 Å². The normalized spacial score (nSPS) is 16.7. The fraction of sp³-hybridized carbons (Fsp3) is 0.600. The van der Waals surface area contributed by atoms with E-state index in [1.807, 2.05) is 11.8 Å². The van der Waals surface area contributed by atoms with E-state index in [2.05, 4.69) is 10.3 Å². The molecule has 0 bridgehead atoms. The average molecular weight is 225 g/mol. The Labute approximate surface area is 93.3 Å². The van der Waals surface area contributed by atoms with Crippen LogP contribution in [0.25, 0.3) is 0 Å². The number of hydrogen-bond acceptors (Lipinski definition) is 4. The van der Waals surface area contributed by atoms with Gasteiger partial charge in [-0.05, 0) is 6.92 Å². The number of carbonyl (C=O) groups is 1. The highest BCUT2D eigenvalue weighted by atomic mass is 32.1. The monoisotopic (exact) mass is 225 g/mol. The summed E-state index contributed by atoms with van der Waals surface area (Å²) >= 11 is 1.57. The Balaban J connectivity index is 1.94. The van der Waals surface area contributed by atoms with Crippen molar-refractivity contribution in [1.82, 2.24) is 15.2 Å². The average Bonchev–Trinajstić information content (AvgIpc) is 2.66. The molecular formula is C10H15N3OS. The molecule has 0 spiro atoms. The SMILES string of the molecule is Cc1ncsc1CC(=O)N1CCNCC1. The summed E-state index contributed by atoms with van der Waals surface area (Å²) in [7, 11) is 0. The zero-order valence-electron chi connectivity index (χ0n) is 8.82. The van der Waals surface area contributed by atoms with Gasteiger partial charge in [0.05, 0.1) is 17.6 Å². The lowest BCUT2D eigenvalue weighted by atomic mass is 10.2. The number of aromatic nitrogens is 1. The standard InChI is InChI=1S/C10H15N3OS/c1-8-9(15-7-12-8)6-10(14)13-4-2-11-3-5-13/h7,11H,2-6H2,1H3. The van der Waals surface area contributed by atoms with Crippen LogP contribution in [0.2, 0.25) is 0 Å². The maximum absolute atomic E-state index is 11.9. The van der Waals surface area contributed by atoms with Gasteiger partial charge in [0.2, 0.25) is 5.91 Å². The zero-order chi connectivity index (χ0) is 10.7. The molecule has 82 valence electrons. The molecule has 2 heterocycles. The molecule has 1 amide bonds. The first kappa shape index (κ1) is 10.6. The molecule has 1 saturated heterocycles. The molecule has 5 heteroatoms. The largest absolute Gasteiger partial charge is 0.340 e.